The van der Waals surface area contributed by atoms with Gasteiger partial charge >= 0.3 is 5.97 Å². The monoisotopic (exact) mass is 422 g/mol. The quantitative estimate of drug-likeness (QED) is 0.462. The van der Waals surface area contributed by atoms with Gasteiger partial charge in [0.15, 0.2) is 0 Å². The van der Waals surface area contributed by atoms with E-state index in [1.54, 1.807) is 11.8 Å². The molecule has 3 aromatic rings. The number of nitrogens with zero attached hydrogens (tertiary/aromatic N) is 1. The molecule has 0 spiro atoms. The number of ether oxygens (including phenoxy) is 1. The number of thioether (sulfide) groups is 1. The Hall–Kier alpha value is -2.73. The fraction of sp³-hybridized carbons (Fsp3) is 0.333. The second-order valence-electron chi connectivity index (χ2n) is 7.51. The Morgan fingerprint density at radius 2 is 1.90 bits per heavy atom. The van der Waals surface area contributed by atoms with Crippen molar-refractivity contribution in [2.24, 2.45) is 0 Å². The summed E-state index contributed by atoms with van der Waals surface area (Å²) in [5.74, 6) is -0.203. The number of carbonyl (C=O) groups is 2. The van der Waals surface area contributed by atoms with E-state index in [1.807, 2.05) is 11.0 Å². The normalized spacial score (nSPS) is 15.8. The number of nitrogens with one attached hydrogen (secondary N) is 1. The van der Waals surface area contributed by atoms with Crippen LogP contribution >= 0.6 is 11.8 Å². The molecule has 2 aromatic carbocycles. The van der Waals surface area contributed by atoms with Crippen LogP contribution < -0.4 is 0 Å². The molecule has 5 nitrogen and oxygen atoms in total. The zero-order chi connectivity index (χ0) is 21.1. The number of benzene rings is 2. The molecule has 0 saturated heterocycles. The number of esters is 1. The van der Waals surface area contributed by atoms with Crippen molar-refractivity contribution in [3.05, 3.63) is 65.4 Å². The minimum Gasteiger partial charge on any atom is -0.469 e. The Morgan fingerprint density at radius 3 is 2.63 bits per heavy atom. The molecule has 1 aliphatic rings. The Morgan fingerprint density at radius 1 is 1.13 bits per heavy atom. The molecule has 156 valence electrons. The third kappa shape index (κ3) is 3.97. The van der Waals surface area contributed by atoms with Crippen LogP contribution in [-0.2, 0) is 20.7 Å². The number of fused-ring (bicyclic) bond motifs is 3. The first kappa shape index (κ1) is 20.5. The van der Waals surface area contributed by atoms with Crippen molar-refractivity contribution in [3.63, 3.8) is 0 Å². The summed E-state index contributed by atoms with van der Waals surface area (Å²) in [5, 5.41) is 1.23. The third-order valence-corrected chi connectivity index (χ3v) is 6.53. The molecule has 0 bridgehead atoms. The smallest absolute Gasteiger partial charge is 0.305 e. The maximum Gasteiger partial charge on any atom is 0.305 e. The highest BCUT2D eigenvalue weighted by molar-refractivity contribution is 7.98. The summed E-state index contributed by atoms with van der Waals surface area (Å²) in [6.45, 7) is 0.668. The molecular formula is C24H26N2O3S. The van der Waals surface area contributed by atoms with Crippen molar-refractivity contribution in [2.45, 2.75) is 36.6 Å². The molecular weight excluding hydrogens is 396 g/mol. The number of para-hydroxylation sites is 1. The highest BCUT2D eigenvalue weighted by Crippen LogP contribution is 2.39. The van der Waals surface area contributed by atoms with E-state index in [1.165, 1.54) is 23.0 Å². The molecule has 2 heterocycles. The van der Waals surface area contributed by atoms with Crippen LogP contribution in [-0.4, -0.2) is 41.7 Å². The van der Waals surface area contributed by atoms with Crippen LogP contribution in [0.25, 0.3) is 10.9 Å². The van der Waals surface area contributed by atoms with Crippen LogP contribution in [0.4, 0.5) is 0 Å². The predicted molar refractivity (Wildman–Crippen MR) is 120 cm³/mol. The average Bonchev–Trinajstić information content (AvgIpc) is 3.17. The predicted octanol–water partition coefficient (Wildman–Crippen LogP) is 4.71. The van der Waals surface area contributed by atoms with Gasteiger partial charge in [-0.05, 0) is 48.4 Å². The van der Waals surface area contributed by atoms with E-state index in [0.717, 1.165) is 23.2 Å². The van der Waals surface area contributed by atoms with Gasteiger partial charge in [-0.1, -0.05) is 30.3 Å². The lowest BCUT2D eigenvalue weighted by molar-refractivity contribution is -0.141. The van der Waals surface area contributed by atoms with Gasteiger partial charge < -0.3 is 14.6 Å². The summed E-state index contributed by atoms with van der Waals surface area (Å²) in [4.78, 5) is 31.3. The first-order valence-corrected chi connectivity index (χ1v) is 11.4. The Kier molecular flexibility index (Phi) is 6.13. The van der Waals surface area contributed by atoms with Crippen molar-refractivity contribution in [1.29, 1.82) is 0 Å². The number of aromatic amines is 1. The molecule has 1 atom stereocenters. The van der Waals surface area contributed by atoms with Gasteiger partial charge in [-0.2, -0.15) is 0 Å². The van der Waals surface area contributed by atoms with Gasteiger partial charge in [0.2, 0.25) is 5.91 Å². The summed E-state index contributed by atoms with van der Waals surface area (Å²) in [6.07, 6.45) is 3.98. The van der Waals surface area contributed by atoms with E-state index >= 15 is 0 Å². The molecule has 4 rings (SSSR count). The molecule has 0 radical (unpaired) electrons. The van der Waals surface area contributed by atoms with E-state index in [2.05, 4.69) is 53.7 Å². The lowest BCUT2D eigenvalue weighted by Crippen LogP contribution is -2.40. The summed E-state index contributed by atoms with van der Waals surface area (Å²) >= 11 is 1.70. The van der Waals surface area contributed by atoms with E-state index in [9.17, 15) is 9.59 Å². The molecule has 1 amide bonds. The molecule has 1 N–H and O–H groups in total. The van der Waals surface area contributed by atoms with Gasteiger partial charge in [-0.25, -0.2) is 0 Å². The molecule has 0 fully saturated rings. The van der Waals surface area contributed by atoms with Crippen molar-refractivity contribution in [1.82, 2.24) is 9.88 Å². The SMILES string of the molecule is COC(=O)CCCC(=O)N1CCc2c([nH]c3ccccc23)C1c1ccc(SC)cc1. The van der Waals surface area contributed by atoms with Crippen LogP contribution in [0.2, 0.25) is 0 Å². The lowest BCUT2D eigenvalue weighted by atomic mass is 9.92. The van der Waals surface area contributed by atoms with E-state index in [4.69, 9.17) is 4.74 Å². The van der Waals surface area contributed by atoms with E-state index < -0.39 is 0 Å². The van der Waals surface area contributed by atoms with Crippen LogP contribution in [0.5, 0.6) is 0 Å². The minimum atomic E-state index is -0.274. The van der Waals surface area contributed by atoms with Crippen molar-refractivity contribution < 1.29 is 14.3 Å². The second-order valence-corrected chi connectivity index (χ2v) is 8.38. The molecule has 1 unspecified atom stereocenters. The van der Waals surface area contributed by atoms with E-state index in [0.29, 0.717) is 19.4 Å². The maximum atomic E-state index is 13.2. The summed E-state index contributed by atoms with van der Waals surface area (Å²) in [5.41, 5.74) is 4.60. The van der Waals surface area contributed by atoms with Gasteiger partial charge in [-0.3, -0.25) is 9.59 Å². The zero-order valence-electron chi connectivity index (χ0n) is 17.3. The highest BCUT2D eigenvalue weighted by Gasteiger charge is 2.34. The third-order valence-electron chi connectivity index (χ3n) is 5.79. The van der Waals surface area contributed by atoms with Gasteiger partial charge in [0.05, 0.1) is 13.2 Å². The minimum absolute atomic E-state index is 0.0714. The summed E-state index contributed by atoms with van der Waals surface area (Å²) in [6, 6.07) is 16.6. The van der Waals surface area contributed by atoms with Gasteiger partial charge in [0.1, 0.15) is 0 Å². The second kappa shape index (κ2) is 8.96. The molecule has 0 aliphatic carbocycles. The zero-order valence-corrected chi connectivity index (χ0v) is 18.1. The first-order chi connectivity index (χ1) is 14.6. The number of methoxy groups -OCH3 is 1. The first-order valence-electron chi connectivity index (χ1n) is 10.2. The van der Waals surface area contributed by atoms with Crippen LogP contribution in [0, 0.1) is 0 Å². The number of rotatable bonds is 6. The van der Waals surface area contributed by atoms with Gasteiger partial charge in [0, 0.05) is 40.9 Å². The number of hydrogen-bond acceptors (Lipinski definition) is 4. The van der Waals surface area contributed by atoms with Crippen molar-refractivity contribution >= 4 is 34.5 Å². The van der Waals surface area contributed by atoms with Crippen LogP contribution in [0.1, 0.15) is 42.1 Å². The molecule has 1 aromatic heterocycles. The van der Waals surface area contributed by atoms with Crippen LogP contribution in [0.3, 0.4) is 0 Å². The van der Waals surface area contributed by atoms with Crippen molar-refractivity contribution in [3.8, 4) is 0 Å². The Balaban J connectivity index is 1.68. The highest BCUT2D eigenvalue weighted by atomic mass is 32.2. The average molecular weight is 423 g/mol. The molecule has 30 heavy (non-hydrogen) atoms. The lowest BCUT2D eigenvalue weighted by Gasteiger charge is -2.36. The van der Waals surface area contributed by atoms with Gasteiger partial charge in [-0.15, -0.1) is 11.8 Å². The number of amides is 1. The number of hydrogen-bond donors (Lipinski definition) is 1. The Labute approximate surface area is 180 Å². The number of H-pyrrole nitrogens is 1. The molecule has 6 heteroatoms. The standard InChI is InChI=1S/C24H26N2O3S/c1-29-22(28)9-5-8-21(27)26-15-14-19-18-6-3-4-7-20(18)25-23(19)24(26)16-10-12-17(30-2)13-11-16/h3-4,6-7,10-13,24-25H,5,8-9,14-15H2,1-2H3. The Bertz CT molecular complexity index is 1060. The molecule has 0 saturated carbocycles. The molecule has 1 aliphatic heterocycles. The summed E-state index contributed by atoms with van der Waals surface area (Å²) < 4.78 is 4.70. The topological polar surface area (TPSA) is 62.4 Å². The van der Waals surface area contributed by atoms with E-state index in [-0.39, 0.29) is 24.3 Å². The number of carbonyl (C=O) groups excluding carboxylic acids is 2. The fourth-order valence-electron chi connectivity index (χ4n) is 4.27. The van der Waals surface area contributed by atoms with Crippen LogP contribution in [0.15, 0.2) is 53.4 Å². The maximum absolute atomic E-state index is 13.2. The fourth-order valence-corrected chi connectivity index (χ4v) is 4.68. The summed E-state index contributed by atoms with van der Waals surface area (Å²) in [7, 11) is 1.38. The van der Waals surface area contributed by atoms with Gasteiger partial charge in [0.25, 0.3) is 0 Å². The largest absolute Gasteiger partial charge is 0.469 e. The number of aromatic nitrogens is 1. The van der Waals surface area contributed by atoms with Crippen molar-refractivity contribution in [2.75, 3.05) is 19.9 Å².